The average molecular weight is 361 g/mol. The van der Waals surface area contributed by atoms with E-state index in [1.54, 1.807) is 18.0 Å². The first-order chi connectivity index (χ1) is 13.0. The highest BCUT2D eigenvalue weighted by atomic mass is 16.5. The smallest absolute Gasteiger partial charge is 0.257 e. The molecule has 7 heteroatoms. The Labute approximate surface area is 156 Å². The van der Waals surface area contributed by atoms with Crippen LogP contribution in [0.2, 0.25) is 0 Å². The van der Waals surface area contributed by atoms with E-state index in [2.05, 4.69) is 20.4 Å². The van der Waals surface area contributed by atoms with Crippen molar-refractivity contribution in [2.45, 2.75) is 13.8 Å². The van der Waals surface area contributed by atoms with Gasteiger partial charge in [-0.3, -0.25) is 14.5 Å². The number of hydrogen-bond donors (Lipinski definition) is 1. The molecule has 1 aromatic carbocycles. The average Bonchev–Trinajstić information content (AvgIpc) is 2.94. The molecule has 4 rings (SSSR count). The van der Waals surface area contributed by atoms with Gasteiger partial charge in [0.25, 0.3) is 5.91 Å². The van der Waals surface area contributed by atoms with Crippen LogP contribution in [0.15, 0.2) is 36.5 Å². The van der Waals surface area contributed by atoms with Gasteiger partial charge in [0.1, 0.15) is 5.75 Å². The number of carbonyl (C=O) groups excluding carboxylic acids is 1. The van der Waals surface area contributed by atoms with Crippen LogP contribution in [0, 0.1) is 13.8 Å². The zero-order valence-electron chi connectivity index (χ0n) is 15.6. The molecule has 136 valence electrons. The maximum atomic E-state index is 12.8. The Balaban J connectivity index is 1.68. The molecule has 0 fully saturated rings. The van der Waals surface area contributed by atoms with Crippen molar-refractivity contribution >= 4 is 33.5 Å². The van der Waals surface area contributed by atoms with Gasteiger partial charge in [-0.1, -0.05) is 0 Å². The summed E-state index contributed by atoms with van der Waals surface area (Å²) >= 11 is 0. The molecule has 0 saturated carbocycles. The zero-order valence-corrected chi connectivity index (χ0v) is 15.6. The topological polar surface area (TPSA) is 81.9 Å². The maximum Gasteiger partial charge on any atom is 0.257 e. The molecule has 27 heavy (non-hydrogen) atoms. The number of hydrogen-bond acceptors (Lipinski definition) is 5. The molecule has 0 aliphatic carbocycles. The van der Waals surface area contributed by atoms with Gasteiger partial charge in [-0.15, -0.1) is 0 Å². The number of amides is 1. The molecule has 4 aromatic rings. The van der Waals surface area contributed by atoms with Gasteiger partial charge in [-0.2, -0.15) is 5.10 Å². The van der Waals surface area contributed by atoms with Crippen LogP contribution < -0.4 is 10.1 Å². The Hall–Kier alpha value is -3.48. The predicted molar refractivity (Wildman–Crippen MR) is 104 cm³/mol. The van der Waals surface area contributed by atoms with Crippen LogP contribution in [0.1, 0.15) is 21.7 Å². The largest absolute Gasteiger partial charge is 0.497 e. The first-order valence-corrected chi connectivity index (χ1v) is 8.52. The van der Waals surface area contributed by atoms with Crippen LogP contribution in [0.5, 0.6) is 5.75 Å². The fourth-order valence-corrected chi connectivity index (χ4v) is 3.17. The number of aryl methyl sites for hydroxylation is 3. The molecule has 1 N–H and O–H groups in total. The van der Waals surface area contributed by atoms with Gasteiger partial charge in [-0.25, -0.2) is 4.98 Å². The van der Waals surface area contributed by atoms with Gasteiger partial charge >= 0.3 is 0 Å². The van der Waals surface area contributed by atoms with Crippen molar-refractivity contribution in [1.82, 2.24) is 19.7 Å². The molecule has 0 bridgehead atoms. The summed E-state index contributed by atoms with van der Waals surface area (Å²) in [5.74, 6) is 0.512. The van der Waals surface area contributed by atoms with Gasteiger partial charge in [0.15, 0.2) is 5.65 Å². The van der Waals surface area contributed by atoms with Crippen LogP contribution in [0.4, 0.5) is 5.69 Å². The third-order valence-corrected chi connectivity index (χ3v) is 4.58. The maximum absolute atomic E-state index is 12.8. The normalized spacial score (nSPS) is 11.1. The number of aromatic nitrogens is 4. The van der Waals surface area contributed by atoms with E-state index in [-0.39, 0.29) is 5.91 Å². The lowest BCUT2D eigenvalue weighted by molar-refractivity contribution is 0.102. The highest BCUT2D eigenvalue weighted by Crippen LogP contribution is 2.23. The van der Waals surface area contributed by atoms with E-state index in [0.717, 1.165) is 33.4 Å². The van der Waals surface area contributed by atoms with Gasteiger partial charge in [0.2, 0.25) is 0 Å². The zero-order chi connectivity index (χ0) is 19.1. The van der Waals surface area contributed by atoms with Crippen molar-refractivity contribution in [3.05, 3.63) is 53.5 Å². The first kappa shape index (κ1) is 17.0. The Morgan fingerprint density at radius 1 is 1.15 bits per heavy atom. The first-order valence-electron chi connectivity index (χ1n) is 8.52. The molecule has 0 atom stereocenters. The minimum absolute atomic E-state index is 0.222. The van der Waals surface area contributed by atoms with E-state index in [4.69, 9.17) is 4.74 Å². The lowest BCUT2D eigenvalue weighted by atomic mass is 10.1. The molecule has 0 unspecified atom stereocenters. The number of methoxy groups -OCH3 is 1. The number of nitrogens with zero attached hydrogens (tertiary/aromatic N) is 4. The number of fused-ring (bicyclic) bond motifs is 2. The number of rotatable bonds is 3. The van der Waals surface area contributed by atoms with E-state index in [9.17, 15) is 4.79 Å². The lowest BCUT2D eigenvalue weighted by Gasteiger charge is -2.10. The Morgan fingerprint density at radius 2 is 1.96 bits per heavy atom. The van der Waals surface area contributed by atoms with Gasteiger partial charge in [-0.05, 0) is 38.1 Å². The summed E-state index contributed by atoms with van der Waals surface area (Å²) < 4.78 is 6.96. The molecule has 1 amide bonds. The summed E-state index contributed by atoms with van der Waals surface area (Å²) in [6.07, 6.45) is 1.63. The number of ether oxygens (including phenoxy) is 1. The Bertz CT molecular complexity index is 1200. The van der Waals surface area contributed by atoms with E-state index in [1.165, 1.54) is 0 Å². The minimum atomic E-state index is -0.222. The molecule has 3 heterocycles. The molecule has 0 radical (unpaired) electrons. The highest BCUT2D eigenvalue weighted by Gasteiger charge is 2.14. The van der Waals surface area contributed by atoms with Gasteiger partial charge in [0, 0.05) is 23.9 Å². The Kier molecular flexibility index (Phi) is 3.99. The van der Waals surface area contributed by atoms with E-state index < -0.39 is 0 Å². The fourth-order valence-electron chi connectivity index (χ4n) is 3.17. The van der Waals surface area contributed by atoms with Crippen molar-refractivity contribution in [3.8, 4) is 5.75 Å². The highest BCUT2D eigenvalue weighted by molar-refractivity contribution is 6.07. The summed E-state index contributed by atoms with van der Waals surface area (Å²) in [6.45, 7) is 3.74. The molecule has 3 aromatic heterocycles. The second kappa shape index (κ2) is 6.35. The number of nitrogens with one attached hydrogen (secondary N) is 1. The van der Waals surface area contributed by atoms with Gasteiger partial charge < -0.3 is 10.1 Å². The van der Waals surface area contributed by atoms with Crippen LogP contribution in [-0.4, -0.2) is 32.8 Å². The molecular weight excluding hydrogens is 342 g/mol. The van der Waals surface area contributed by atoms with Crippen molar-refractivity contribution < 1.29 is 9.53 Å². The monoisotopic (exact) mass is 361 g/mol. The molecule has 0 spiro atoms. The SMILES string of the molecule is COc1ccc2cc(C(=O)Nc3cnc4c(c3)c(C)nn4C)c(C)nc2c1. The van der Waals surface area contributed by atoms with Crippen molar-refractivity contribution in [2.24, 2.45) is 7.05 Å². The predicted octanol–water partition coefficient (Wildman–Crippen LogP) is 3.39. The molecule has 0 aliphatic heterocycles. The van der Waals surface area contributed by atoms with Crippen LogP contribution in [-0.2, 0) is 7.05 Å². The quantitative estimate of drug-likeness (QED) is 0.605. The third kappa shape index (κ3) is 2.97. The minimum Gasteiger partial charge on any atom is -0.497 e. The molecule has 7 nitrogen and oxygen atoms in total. The number of benzene rings is 1. The number of carbonyl (C=O) groups is 1. The number of anilines is 1. The van der Waals surface area contributed by atoms with Crippen LogP contribution in [0.25, 0.3) is 21.9 Å². The van der Waals surface area contributed by atoms with Crippen LogP contribution in [0.3, 0.4) is 0 Å². The number of pyridine rings is 2. The molecule has 0 aliphatic rings. The summed E-state index contributed by atoms with van der Waals surface area (Å²) in [7, 11) is 3.46. The van der Waals surface area contributed by atoms with Gasteiger partial charge in [0.05, 0.1) is 41.5 Å². The van der Waals surface area contributed by atoms with E-state index in [0.29, 0.717) is 16.9 Å². The molecule has 0 saturated heterocycles. The van der Waals surface area contributed by atoms with E-state index in [1.807, 2.05) is 51.2 Å². The summed E-state index contributed by atoms with van der Waals surface area (Å²) in [6, 6.07) is 9.33. The fraction of sp³-hybridized carbons (Fsp3) is 0.200. The second-order valence-electron chi connectivity index (χ2n) is 6.44. The van der Waals surface area contributed by atoms with Crippen molar-refractivity contribution in [3.63, 3.8) is 0 Å². The summed E-state index contributed by atoms with van der Waals surface area (Å²) in [5, 5.41) is 9.05. The standard InChI is InChI=1S/C20H19N5O2/c1-11-17(7-13-5-6-15(27-4)9-18(13)22-11)20(26)23-14-8-16-12(2)24-25(3)19(16)21-10-14/h5-10H,1-4H3,(H,23,26). The Morgan fingerprint density at radius 3 is 2.74 bits per heavy atom. The lowest BCUT2D eigenvalue weighted by Crippen LogP contribution is -2.14. The summed E-state index contributed by atoms with van der Waals surface area (Å²) in [5.41, 5.74) is 4.24. The van der Waals surface area contributed by atoms with Crippen molar-refractivity contribution in [1.29, 1.82) is 0 Å². The van der Waals surface area contributed by atoms with E-state index >= 15 is 0 Å². The summed E-state index contributed by atoms with van der Waals surface area (Å²) in [4.78, 5) is 21.7. The second-order valence-corrected chi connectivity index (χ2v) is 6.44. The van der Waals surface area contributed by atoms with Crippen molar-refractivity contribution in [2.75, 3.05) is 12.4 Å². The third-order valence-electron chi connectivity index (χ3n) is 4.58. The van der Waals surface area contributed by atoms with Crippen LogP contribution >= 0.6 is 0 Å². The molecular formula is C20H19N5O2.